The molecule has 1 aliphatic carbocycles. The molecule has 1 aromatic carbocycles. The van der Waals surface area contributed by atoms with Crippen molar-refractivity contribution in [2.45, 2.75) is 45.6 Å². The number of pyridine rings is 1. The van der Waals surface area contributed by atoms with E-state index in [4.69, 9.17) is 4.74 Å². The van der Waals surface area contributed by atoms with E-state index >= 15 is 0 Å². The second kappa shape index (κ2) is 6.14. The van der Waals surface area contributed by atoms with Crippen LogP contribution in [0.25, 0.3) is 10.9 Å². The fourth-order valence-corrected chi connectivity index (χ4v) is 2.88. The molecule has 0 N–H and O–H groups in total. The zero-order chi connectivity index (χ0) is 16.6. The normalized spacial score (nSPS) is 14.2. The SMILES string of the molecule is CCCc1cc2c(cc1F)c(=O)c(C(=O)OCC)cn2C1CC1. The molecular formula is C18H20FNO3. The highest BCUT2D eigenvalue weighted by Gasteiger charge is 2.27. The average Bonchev–Trinajstić information content (AvgIpc) is 3.34. The predicted octanol–water partition coefficient (Wildman–Crippen LogP) is 3.60. The standard InChI is InChI=1S/C18H20FNO3/c1-3-5-11-8-16-13(9-15(11)19)17(21)14(18(22)23-4-2)10-20(16)12-6-7-12/h8-10,12H,3-7H2,1-2H3. The minimum atomic E-state index is -0.646. The molecule has 1 fully saturated rings. The van der Waals surface area contributed by atoms with Crippen molar-refractivity contribution in [1.29, 1.82) is 0 Å². The Morgan fingerprint density at radius 3 is 2.70 bits per heavy atom. The third-order valence-corrected chi connectivity index (χ3v) is 4.16. The molecule has 3 rings (SSSR count). The molecule has 0 amide bonds. The van der Waals surface area contributed by atoms with E-state index in [9.17, 15) is 14.0 Å². The third kappa shape index (κ3) is 2.87. The minimum absolute atomic E-state index is 0.0195. The van der Waals surface area contributed by atoms with Crippen LogP contribution in [-0.4, -0.2) is 17.1 Å². The number of carbonyl (C=O) groups excluding carboxylic acids is 1. The quantitative estimate of drug-likeness (QED) is 0.792. The first-order valence-corrected chi connectivity index (χ1v) is 8.11. The number of carbonyl (C=O) groups is 1. The lowest BCUT2D eigenvalue weighted by Gasteiger charge is -2.14. The lowest BCUT2D eigenvalue weighted by atomic mass is 10.0. The van der Waals surface area contributed by atoms with Gasteiger partial charge in [-0.05, 0) is 43.9 Å². The van der Waals surface area contributed by atoms with Crippen LogP contribution in [0.5, 0.6) is 0 Å². The summed E-state index contributed by atoms with van der Waals surface area (Å²) < 4.78 is 21.1. The lowest BCUT2D eigenvalue weighted by molar-refractivity contribution is 0.0524. The topological polar surface area (TPSA) is 48.3 Å². The molecule has 2 aromatic rings. The molecule has 0 aliphatic heterocycles. The smallest absolute Gasteiger partial charge is 0.343 e. The predicted molar refractivity (Wildman–Crippen MR) is 86.4 cm³/mol. The van der Waals surface area contributed by atoms with Gasteiger partial charge in [-0.1, -0.05) is 13.3 Å². The zero-order valence-corrected chi connectivity index (χ0v) is 13.4. The molecule has 1 saturated carbocycles. The Balaban J connectivity index is 2.26. The van der Waals surface area contributed by atoms with Crippen LogP contribution in [0.4, 0.5) is 4.39 Å². The molecule has 122 valence electrons. The maximum atomic E-state index is 14.3. The second-order valence-corrected chi connectivity index (χ2v) is 5.94. The van der Waals surface area contributed by atoms with Crippen LogP contribution in [-0.2, 0) is 11.2 Å². The molecule has 1 aliphatic rings. The van der Waals surface area contributed by atoms with Gasteiger partial charge in [-0.25, -0.2) is 9.18 Å². The van der Waals surface area contributed by atoms with Crippen LogP contribution in [0.1, 0.15) is 55.1 Å². The van der Waals surface area contributed by atoms with Gasteiger partial charge in [0.05, 0.1) is 12.1 Å². The summed E-state index contributed by atoms with van der Waals surface area (Å²) in [6.07, 6.45) is 5.03. The number of esters is 1. The first-order valence-electron chi connectivity index (χ1n) is 8.11. The lowest BCUT2D eigenvalue weighted by Crippen LogP contribution is -2.21. The average molecular weight is 317 g/mol. The highest BCUT2D eigenvalue weighted by Crippen LogP contribution is 2.37. The van der Waals surface area contributed by atoms with E-state index in [0.717, 1.165) is 19.3 Å². The van der Waals surface area contributed by atoms with Gasteiger partial charge in [-0.15, -0.1) is 0 Å². The maximum Gasteiger partial charge on any atom is 0.343 e. The largest absolute Gasteiger partial charge is 0.462 e. The minimum Gasteiger partial charge on any atom is -0.462 e. The van der Waals surface area contributed by atoms with Gasteiger partial charge in [0.1, 0.15) is 11.4 Å². The number of hydrogen-bond donors (Lipinski definition) is 0. The van der Waals surface area contributed by atoms with E-state index in [0.29, 0.717) is 17.5 Å². The van der Waals surface area contributed by atoms with Gasteiger partial charge < -0.3 is 9.30 Å². The molecule has 0 bridgehead atoms. The van der Waals surface area contributed by atoms with E-state index < -0.39 is 11.4 Å². The summed E-state index contributed by atoms with van der Waals surface area (Å²) in [6, 6.07) is 3.29. The number of fused-ring (bicyclic) bond motifs is 1. The van der Waals surface area contributed by atoms with Crippen LogP contribution in [0.3, 0.4) is 0 Å². The molecule has 1 heterocycles. The Kier molecular flexibility index (Phi) is 4.20. The number of halogens is 1. The van der Waals surface area contributed by atoms with E-state index in [1.165, 1.54) is 6.07 Å². The van der Waals surface area contributed by atoms with Crippen molar-refractivity contribution in [3.63, 3.8) is 0 Å². The second-order valence-electron chi connectivity index (χ2n) is 5.94. The molecule has 0 unspecified atom stereocenters. The van der Waals surface area contributed by atoms with Crippen molar-refractivity contribution in [1.82, 2.24) is 4.57 Å². The Labute approximate surface area is 133 Å². The van der Waals surface area contributed by atoms with E-state index in [2.05, 4.69) is 0 Å². The number of hydrogen-bond acceptors (Lipinski definition) is 3. The molecule has 0 atom stereocenters. The van der Waals surface area contributed by atoms with Crippen molar-refractivity contribution in [3.8, 4) is 0 Å². The first kappa shape index (κ1) is 15.7. The first-order chi connectivity index (χ1) is 11.1. The van der Waals surface area contributed by atoms with Gasteiger partial charge in [0.2, 0.25) is 5.43 Å². The molecule has 5 heteroatoms. The van der Waals surface area contributed by atoms with E-state index in [-0.39, 0.29) is 29.4 Å². The van der Waals surface area contributed by atoms with Crippen molar-refractivity contribution in [2.75, 3.05) is 6.61 Å². The molecule has 0 saturated heterocycles. The van der Waals surface area contributed by atoms with Crippen LogP contribution in [0.15, 0.2) is 23.1 Å². The van der Waals surface area contributed by atoms with Gasteiger partial charge >= 0.3 is 5.97 Å². The third-order valence-electron chi connectivity index (χ3n) is 4.16. The maximum absolute atomic E-state index is 14.3. The Morgan fingerprint density at radius 2 is 2.09 bits per heavy atom. The van der Waals surface area contributed by atoms with Crippen molar-refractivity contribution in [2.24, 2.45) is 0 Å². The molecule has 0 radical (unpaired) electrons. The summed E-state index contributed by atoms with van der Waals surface area (Å²) in [7, 11) is 0. The number of rotatable bonds is 5. The van der Waals surface area contributed by atoms with Crippen LogP contribution >= 0.6 is 0 Å². The summed E-state index contributed by atoms with van der Waals surface area (Å²) in [5.74, 6) is -1.04. The number of aryl methyl sites for hydroxylation is 1. The summed E-state index contributed by atoms with van der Waals surface area (Å²) in [5.41, 5.74) is 0.833. The summed E-state index contributed by atoms with van der Waals surface area (Å²) in [5, 5.41) is 0.250. The summed E-state index contributed by atoms with van der Waals surface area (Å²) in [4.78, 5) is 24.6. The van der Waals surface area contributed by atoms with Gasteiger partial charge in [-0.3, -0.25) is 4.79 Å². The number of nitrogens with zero attached hydrogens (tertiary/aromatic N) is 1. The van der Waals surface area contributed by atoms with Crippen LogP contribution in [0, 0.1) is 5.82 Å². The van der Waals surface area contributed by atoms with Gasteiger partial charge in [0.25, 0.3) is 0 Å². The fourth-order valence-electron chi connectivity index (χ4n) is 2.88. The highest BCUT2D eigenvalue weighted by molar-refractivity contribution is 5.94. The summed E-state index contributed by atoms with van der Waals surface area (Å²) >= 11 is 0. The van der Waals surface area contributed by atoms with Crippen LogP contribution < -0.4 is 5.43 Å². The molecule has 4 nitrogen and oxygen atoms in total. The number of benzene rings is 1. The Hall–Kier alpha value is -2.17. The van der Waals surface area contributed by atoms with Gasteiger partial charge in [-0.2, -0.15) is 0 Å². The van der Waals surface area contributed by atoms with Crippen LogP contribution in [0.2, 0.25) is 0 Å². The fraction of sp³-hybridized carbons (Fsp3) is 0.444. The highest BCUT2D eigenvalue weighted by atomic mass is 19.1. The van der Waals surface area contributed by atoms with Gasteiger partial charge in [0.15, 0.2) is 0 Å². The molecule has 0 spiro atoms. The molecular weight excluding hydrogens is 297 g/mol. The Bertz CT molecular complexity index is 821. The van der Waals surface area contributed by atoms with Crippen molar-refractivity contribution in [3.05, 3.63) is 45.5 Å². The number of aromatic nitrogens is 1. The monoisotopic (exact) mass is 317 g/mol. The Morgan fingerprint density at radius 1 is 1.35 bits per heavy atom. The molecule has 23 heavy (non-hydrogen) atoms. The van der Waals surface area contributed by atoms with Crippen molar-refractivity contribution >= 4 is 16.9 Å². The zero-order valence-electron chi connectivity index (χ0n) is 13.4. The van der Waals surface area contributed by atoms with Gasteiger partial charge in [0, 0.05) is 17.6 Å². The molecule has 1 aromatic heterocycles. The van der Waals surface area contributed by atoms with Crippen molar-refractivity contribution < 1.29 is 13.9 Å². The summed E-state index contributed by atoms with van der Waals surface area (Å²) in [6.45, 7) is 3.88. The number of ether oxygens (including phenoxy) is 1. The van der Waals surface area contributed by atoms with E-state index in [1.54, 1.807) is 19.2 Å². The van der Waals surface area contributed by atoms with E-state index in [1.807, 2.05) is 11.5 Å².